The van der Waals surface area contributed by atoms with Gasteiger partial charge in [0.25, 0.3) is 0 Å². The second kappa shape index (κ2) is 10.9. The minimum Gasteiger partial charge on any atom is -0.480 e. The molecule has 7 nitrogen and oxygen atoms in total. The Hall–Kier alpha value is -3.19. The molecule has 1 aliphatic rings. The molecule has 1 heterocycles. The second-order valence-electron chi connectivity index (χ2n) is 8.01. The van der Waals surface area contributed by atoms with Crippen LogP contribution in [0.5, 0.6) is 0 Å². The Morgan fingerprint density at radius 3 is 2.41 bits per heavy atom. The minimum absolute atomic E-state index is 0.228. The van der Waals surface area contributed by atoms with Gasteiger partial charge in [-0.2, -0.15) is 0 Å². The normalized spacial score (nSPS) is 17.2. The Labute approximate surface area is 188 Å². The van der Waals surface area contributed by atoms with Crippen molar-refractivity contribution in [1.29, 1.82) is 0 Å². The number of rotatable bonds is 9. The third-order valence-electron chi connectivity index (χ3n) is 5.77. The van der Waals surface area contributed by atoms with Crippen molar-refractivity contribution in [3.05, 3.63) is 71.3 Å². The van der Waals surface area contributed by atoms with Crippen LogP contribution in [0.25, 0.3) is 0 Å². The van der Waals surface area contributed by atoms with Gasteiger partial charge in [0.15, 0.2) is 0 Å². The molecular formula is C25H30N2O5. The van der Waals surface area contributed by atoms with E-state index >= 15 is 0 Å². The number of ether oxygens (including phenoxy) is 1. The fraction of sp³-hybridized carbons (Fsp3) is 0.400. The summed E-state index contributed by atoms with van der Waals surface area (Å²) in [5.74, 6) is -1.80. The molecule has 0 bridgehead atoms. The lowest BCUT2D eigenvalue weighted by Gasteiger charge is -2.36. The van der Waals surface area contributed by atoms with Gasteiger partial charge in [-0.25, -0.2) is 4.79 Å². The first-order valence-electron chi connectivity index (χ1n) is 11.0. The van der Waals surface area contributed by atoms with Gasteiger partial charge in [-0.05, 0) is 43.4 Å². The van der Waals surface area contributed by atoms with Crippen LogP contribution in [0.15, 0.2) is 54.6 Å². The Kier molecular flexibility index (Phi) is 8.00. The van der Waals surface area contributed by atoms with Crippen LogP contribution in [0.4, 0.5) is 0 Å². The number of aryl methyl sites for hydroxylation is 1. The van der Waals surface area contributed by atoms with Crippen molar-refractivity contribution in [2.45, 2.75) is 57.8 Å². The number of esters is 1. The zero-order valence-corrected chi connectivity index (χ0v) is 18.5. The molecule has 1 aliphatic heterocycles. The van der Waals surface area contributed by atoms with Crippen molar-refractivity contribution in [2.75, 3.05) is 6.61 Å². The fourth-order valence-corrected chi connectivity index (χ4v) is 4.06. The lowest BCUT2D eigenvalue weighted by atomic mass is 9.93. The molecule has 0 radical (unpaired) electrons. The van der Waals surface area contributed by atoms with Crippen LogP contribution in [0, 0.1) is 0 Å². The number of amides is 1. The smallest absolute Gasteiger partial charge is 0.326 e. The predicted molar refractivity (Wildman–Crippen MR) is 120 cm³/mol. The molecule has 1 amide bonds. The largest absolute Gasteiger partial charge is 0.480 e. The summed E-state index contributed by atoms with van der Waals surface area (Å²) >= 11 is 0. The monoisotopic (exact) mass is 438 g/mol. The maximum Gasteiger partial charge on any atom is 0.326 e. The summed E-state index contributed by atoms with van der Waals surface area (Å²) in [6, 6.07) is 15.0. The number of benzene rings is 2. The first-order valence-corrected chi connectivity index (χ1v) is 11.0. The average molecular weight is 439 g/mol. The van der Waals surface area contributed by atoms with E-state index in [0.29, 0.717) is 12.8 Å². The number of carboxylic acid groups (broad SMARTS) is 1. The summed E-state index contributed by atoms with van der Waals surface area (Å²) in [6.45, 7) is 3.88. The van der Waals surface area contributed by atoms with E-state index in [9.17, 15) is 19.5 Å². The van der Waals surface area contributed by atoms with Gasteiger partial charge in [0, 0.05) is 13.0 Å². The molecule has 0 fully saturated rings. The van der Waals surface area contributed by atoms with E-state index in [2.05, 4.69) is 5.32 Å². The first kappa shape index (κ1) is 23.5. The summed E-state index contributed by atoms with van der Waals surface area (Å²) in [7, 11) is 0. The molecule has 2 aromatic carbocycles. The van der Waals surface area contributed by atoms with E-state index in [0.717, 1.165) is 16.7 Å². The highest BCUT2D eigenvalue weighted by molar-refractivity contribution is 5.88. The molecule has 0 spiro atoms. The zero-order valence-electron chi connectivity index (χ0n) is 18.5. The molecule has 0 aliphatic carbocycles. The molecule has 3 atom stereocenters. The van der Waals surface area contributed by atoms with Crippen LogP contribution in [-0.4, -0.2) is 52.6 Å². The number of carboxylic acids is 1. The van der Waals surface area contributed by atoms with Gasteiger partial charge in [0.1, 0.15) is 12.1 Å². The summed E-state index contributed by atoms with van der Waals surface area (Å²) < 4.78 is 5.20. The van der Waals surface area contributed by atoms with Crippen LogP contribution in [0.3, 0.4) is 0 Å². The van der Waals surface area contributed by atoms with Crippen LogP contribution in [-0.2, 0) is 38.5 Å². The molecule has 2 unspecified atom stereocenters. The van der Waals surface area contributed by atoms with Crippen molar-refractivity contribution < 1.29 is 24.2 Å². The van der Waals surface area contributed by atoms with E-state index in [-0.39, 0.29) is 25.5 Å². The lowest BCUT2D eigenvalue weighted by Crippen LogP contribution is -2.56. The Morgan fingerprint density at radius 1 is 1.09 bits per heavy atom. The van der Waals surface area contributed by atoms with Gasteiger partial charge in [0.2, 0.25) is 5.91 Å². The minimum atomic E-state index is -1.04. The number of carbonyl (C=O) groups is 3. The molecule has 2 N–H and O–H groups in total. The van der Waals surface area contributed by atoms with Crippen molar-refractivity contribution >= 4 is 17.8 Å². The highest BCUT2D eigenvalue weighted by Gasteiger charge is 2.37. The average Bonchev–Trinajstić information content (AvgIpc) is 2.80. The molecule has 7 heteroatoms. The van der Waals surface area contributed by atoms with Crippen LogP contribution in [0.2, 0.25) is 0 Å². The zero-order chi connectivity index (χ0) is 23.1. The van der Waals surface area contributed by atoms with Crippen molar-refractivity contribution in [3.8, 4) is 0 Å². The maximum atomic E-state index is 13.3. The first-order chi connectivity index (χ1) is 15.4. The number of nitrogens with zero attached hydrogens (tertiary/aromatic N) is 1. The molecule has 0 saturated carbocycles. The predicted octanol–water partition coefficient (Wildman–Crippen LogP) is 2.57. The highest BCUT2D eigenvalue weighted by Crippen LogP contribution is 2.24. The SMILES string of the molecule is CCOC(=O)[C@H](CCc1ccccc1)NC(C)C(=O)N1Cc2ccccc2CC1C(=O)O. The summed E-state index contributed by atoms with van der Waals surface area (Å²) in [4.78, 5) is 39.1. The molecule has 3 rings (SSSR count). The Balaban J connectivity index is 1.72. The number of fused-ring (bicyclic) bond motifs is 1. The quantitative estimate of drug-likeness (QED) is 0.584. The van der Waals surface area contributed by atoms with Gasteiger partial charge in [-0.15, -0.1) is 0 Å². The van der Waals surface area contributed by atoms with E-state index in [4.69, 9.17) is 4.74 Å². The van der Waals surface area contributed by atoms with Crippen LogP contribution in [0.1, 0.15) is 37.0 Å². The number of hydrogen-bond donors (Lipinski definition) is 2. The van der Waals surface area contributed by atoms with E-state index in [1.165, 1.54) is 4.90 Å². The van der Waals surface area contributed by atoms with Crippen LogP contribution >= 0.6 is 0 Å². The third-order valence-corrected chi connectivity index (χ3v) is 5.77. The fourth-order valence-electron chi connectivity index (χ4n) is 4.06. The number of hydrogen-bond acceptors (Lipinski definition) is 5. The van der Waals surface area contributed by atoms with E-state index in [1.807, 2.05) is 54.6 Å². The topological polar surface area (TPSA) is 95.9 Å². The Bertz CT molecular complexity index is 946. The van der Waals surface area contributed by atoms with Crippen molar-refractivity contribution in [1.82, 2.24) is 10.2 Å². The molecular weight excluding hydrogens is 408 g/mol. The van der Waals surface area contributed by atoms with Gasteiger partial charge >= 0.3 is 11.9 Å². The second-order valence-corrected chi connectivity index (χ2v) is 8.01. The van der Waals surface area contributed by atoms with Crippen molar-refractivity contribution in [3.63, 3.8) is 0 Å². The van der Waals surface area contributed by atoms with E-state index < -0.39 is 30.1 Å². The van der Waals surface area contributed by atoms with E-state index in [1.54, 1.807) is 13.8 Å². The van der Waals surface area contributed by atoms with Gasteiger partial charge in [0.05, 0.1) is 12.6 Å². The van der Waals surface area contributed by atoms with Gasteiger partial charge in [-0.3, -0.25) is 14.9 Å². The number of carbonyl (C=O) groups excluding carboxylic acids is 2. The molecule has 32 heavy (non-hydrogen) atoms. The maximum absolute atomic E-state index is 13.3. The number of nitrogens with one attached hydrogen (secondary N) is 1. The number of aliphatic carboxylic acids is 1. The summed E-state index contributed by atoms with van der Waals surface area (Å²) in [5.41, 5.74) is 2.97. The molecule has 0 aromatic heterocycles. The van der Waals surface area contributed by atoms with Crippen molar-refractivity contribution in [2.24, 2.45) is 0 Å². The molecule has 0 saturated heterocycles. The Morgan fingerprint density at radius 2 is 1.75 bits per heavy atom. The van der Waals surface area contributed by atoms with Crippen LogP contribution < -0.4 is 5.32 Å². The summed E-state index contributed by atoms with van der Waals surface area (Å²) in [6.07, 6.45) is 1.37. The highest BCUT2D eigenvalue weighted by atomic mass is 16.5. The standard InChI is InChI=1S/C25H30N2O5/c1-3-32-25(31)21(14-13-18-9-5-4-6-10-18)26-17(2)23(28)27-16-20-12-8-7-11-19(20)15-22(27)24(29)30/h4-12,17,21-22,26H,3,13-16H2,1-2H3,(H,29,30)/t17?,21-,22?/m0/s1. The third kappa shape index (κ3) is 5.73. The molecule has 170 valence electrons. The van der Waals surface area contributed by atoms with Gasteiger partial charge in [-0.1, -0.05) is 54.6 Å². The summed E-state index contributed by atoms with van der Waals surface area (Å²) in [5, 5.41) is 12.8. The van der Waals surface area contributed by atoms with Gasteiger partial charge < -0.3 is 14.7 Å². The lowest BCUT2D eigenvalue weighted by molar-refractivity contribution is -0.153. The molecule has 2 aromatic rings.